The van der Waals surface area contributed by atoms with Crippen molar-refractivity contribution in [2.75, 3.05) is 12.4 Å². The summed E-state index contributed by atoms with van der Waals surface area (Å²) in [6.07, 6.45) is 0. The number of hydrogen-bond acceptors (Lipinski definition) is 4. The molecular weight excluding hydrogens is 258 g/mol. The number of hydrogen-bond donors (Lipinski definition) is 0. The number of benzene rings is 1. The number of carbonyl (C=O) groups is 1. The van der Waals surface area contributed by atoms with Gasteiger partial charge in [0.2, 0.25) is 0 Å². The van der Waals surface area contributed by atoms with Crippen LogP contribution in [0.15, 0.2) is 29.2 Å². The molecular formula is C15H17NO2S. The van der Waals surface area contributed by atoms with E-state index in [1.165, 1.54) is 22.8 Å². The predicted octanol–water partition coefficient (Wildman–Crippen LogP) is 3.51. The summed E-state index contributed by atoms with van der Waals surface area (Å²) in [7, 11) is 0. The molecule has 19 heavy (non-hydrogen) atoms. The lowest BCUT2D eigenvalue weighted by Gasteiger charge is -2.08. The largest absolute Gasteiger partial charge is 0.465 e. The second kappa shape index (κ2) is 6.06. The number of pyridine rings is 1. The van der Waals surface area contributed by atoms with Gasteiger partial charge in [0.1, 0.15) is 6.61 Å². The van der Waals surface area contributed by atoms with E-state index in [0.717, 1.165) is 17.0 Å². The van der Waals surface area contributed by atoms with Gasteiger partial charge in [0.05, 0.1) is 5.52 Å². The molecule has 4 heteroatoms. The van der Waals surface area contributed by atoms with Gasteiger partial charge in [-0.25, -0.2) is 0 Å². The monoisotopic (exact) mass is 275 g/mol. The Morgan fingerprint density at radius 2 is 2.11 bits per heavy atom. The van der Waals surface area contributed by atoms with E-state index in [1.807, 2.05) is 13.0 Å². The van der Waals surface area contributed by atoms with E-state index in [0.29, 0.717) is 6.61 Å². The molecule has 0 amide bonds. The maximum absolute atomic E-state index is 10.7. The number of aromatic nitrogens is 1. The topological polar surface area (TPSA) is 39.2 Å². The number of aryl methyl sites for hydroxylation is 2. The van der Waals surface area contributed by atoms with Crippen LogP contribution in [-0.4, -0.2) is 23.3 Å². The van der Waals surface area contributed by atoms with Gasteiger partial charge in [-0.2, -0.15) is 0 Å². The number of ether oxygens (including phenoxy) is 1. The van der Waals surface area contributed by atoms with E-state index in [4.69, 9.17) is 4.74 Å². The highest BCUT2D eigenvalue weighted by Gasteiger charge is 2.05. The Balaban J connectivity index is 2.21. The third kappa shape index (κ3) is 3.70. The first-order valence-corrected chi connectivity index (χ1v) is 7.19. The van der Waals surface area contributed by atoms with E-state index in [9.17, 15) is 4.79 Å². The zero-order valence-corrected chi connectivity index (χ0v) is 12.2. The molecule has 1 aromatic carbocycles. The van der Waals surface area contributed by atoms with E-state index < -0.39 is 0 Å². The van der Waals surface area contributed by atoms with Crippen LogP contribution < -0.4 is 0 Å². The number of fused-ring (bicyclic) bond motifs is 1. The highest BCUT2D eigenvalue weighted by atomic mass is 32.2. The van der Waals surface area contributed by atoms with Crippen molar-refractivity contribution in [3.8, 4) is 0 Å². The van der Waals surface area contributed by atoms with E-state index >= 15 is 0 Å². The minimum absolute atomic E-state index is 0.229. The lowest BCUT2D eigenvalue weighted by Crippen LogP contribution is -2.02. The summed E-state index contributed by atoms with van der Waals surface area (Å²) in [6, 6.07) is 8.35. The molecule has 100 valence electrons. The number of carbonyl (C=O) groups excluding carboxylic acids is 1. The fourth-order valence-corrected chi connectivity index (χ4v) is 2.85. The van der Waals surface area contributed by atoms with Gasteiger partial charge in [-0.05, 0) is 32.0 Å². The summed E-state index contributed by atoms with van der Waals surface area (Å²) in [5, 5.41) is 1.17. The lowest BCUT2D eigenvalue weighted by atomic mass is 10.1. The van der Waals surface area contributed by atoms with Crippen LogP contribution in [0.1, 0.15) is 18.2 Å². The highest BCUT2D eigenvalue weighted by molar-refractivity contribution is 7.99. The third-order valence-electron chi connectivity index (χ3n) is 2.70. The van der Waals surface area contributed by atoms with Crippen molar-refractivity contribution in [3.05, 3.63) is 35.5 Å². The summed E-state index contributed by atoms with van der Waals surface area (Å²) < 4.78 is 4.95. The van der Waals surface area contributed by atoms with Gasteiger partial charge in [0.15, 0.2) is 0 Å². The summed E-state index contributed by atoms with van der Waals surface area (Å²) >= 11 is 1.70. The summed E-state index contributed by atoms with van der Waals surface area (Å²) in [4.78, 5) is 16.5. The third-order valence-corrected chi connectivity index (χ3v) is 3.72. The standard InChI is InChI=1S/C15H17NO2S/c1-10-4-5-14-13(8-10)15(9-11(2)16-14)19-7-6-18-12(3)17/h4-5,8-9H,6-7H2,1-3H3. The maximum atomic E-state index is 10.7. The average Bonchev–Trinajstić information content (AvgIpc) is 2.35. The molecule has 0 unspecified atom stereocenters. The Bertz CT molecular complexity index is 610. The summed E-state index contributed by atoms with van der Waals surface area (Å²) in [5.41, 5.74) is 3.24. The summed E-state index contributed by atoms with van der Waals surface area (Å²) in [6.45, 7) is 5.94. The maximum Gasteiger partial charge on any atom is 0.302 e. The van der Waals surface area contributed by atoms with Crippen molar-refractivity contribution in [1.29, 1.82) is 0 Å². The fraction of sp³-hybridized carbons (Fsp3) is 0.333. The first kappa shape index (κ1) is 13.9. The molecule has 0 aliphatic carbocycles. The van der Waals surface area contributed by atoms with Crippen molar-refractivity contribution >= 4 is 28.6 Å². The fourth-order valence-electron chi connectivity index (χ4n) is 1.89. The second-order valence-electron chi connectivity index (χ2n) is 4.47. The minimum atomic E-state index is -0.229. The predicted molar refractivity (Wildman–Crippen MR) is 78.6 cm³/mol. The van der Waals surface area contributed by atoms with Gasteiger partial charge in [0.25, 0.3) is 0 Å². The van der Waals surface area contributed by atoms with Crippen LogP contribution >= 0.6 is 11.8 Å². The number of nitrogens with zero attached hydrogens (tertiary/aromatic N) is 1. The smallest absolute Gasteiger partial charge is 0.302 e. The van der Waals surface area contributed by atoms with Crippen LogP contribution in [0.2, 0.25) is 0 Å². The quantitative estimate of drug-likeness (QED) is 0.486. The molecule has 0 N–H and O–H groups in total. The zero-order chi connectivity index (χ0) is 13.8. The SMILES string of the molecule is CC(=O)OCCSc1cc(C)nc2ccc(C)cc12. The Morgan fingerprint density at radius 1 is 1.32 bits per heavy atom. The number of esters is 1. The van der Waals surface area contributed by atoms with Gasteiger partial charge in [0, 0.05) is 28.7 Å². The van der Waals surface area contributed by atoms with Crippen LogP contribution in [-0.2, 0) is 9.53 Å². The van der Waals surface area contributed by atoms with Crippen LogP contribution in [0, 0.1) is 13.8 Å². The van der Waals surface area contributed by atoms with Gasteiger partial charge >= 0.3 is 5.97 Å². The lowest BCUT2D eigenvalue weighted by molar-refractivity contribution is -0.140. The van der Waals surface area contributed by atoms with Gasteiger partial charge < -0.3 is 4.74 Å². The molecule has 0 saturated heterocycles. The van der Waals surface area contributed by atoms with E-state index in [2.05, 4.69) is 30.1 Å². The van der Waals surface area contributed by atoms with E-state index in [-0.39, 0.29) is 5.97 Å². The van der Waals surface area contributed by atoms with Crippen molar-refractivity contribution in [3.63, 3.8) is 0 Å². The van der Waals surface area contributed by atoms with Gasteiger partial charge in [-0.1, -0.05) is 11.6 Å². The Hall–Kier alpha value is -1.55. The van der Waals surface area contributed by atoms with Crippen LogP contribution in [0.25, 0.3) is 10.9 Å². The molecule has 3 nitrogen and oxygen atoms in total. The molecule has 1 aromatic heterocycles. The van der Waals surface area contributed by atoms with E-state index in [1.54, 1.807) is 11.8 Å². The second-order valence-corrected chi connectivity index (χ2v) is 5.61. The summed E-state index contributed by atoms with van der Waals surface area (Å²) in [5.74, 6) is 0.527. The average molecular weight is 275 g/mol. The van der Waals surface area contributed by atoms with Gasteiger partial charge in [-0.15, -0.1) is 11.8 Å². The Morgan fingerprint density at radius 3 is 2.84 bits per heavy atom. The first-order valence-electron chi connectivity index (χ1n) is 6.20. The number of thioether (sulfide) groups is 1. The molecule has 0 radical (unpaired) electrons. The first-order chi connectivity index (χ1) is 9.06. The molecule has 2 rings (SSSR count). The zero-order valence-electron chi connectivity index (χ0n) is 11.4. The molecule has 0 fully saturated rings. The Labute approximate surface area is 117 Å². The molecule has 0 atom stereocenters. The van der Waals surface area contributed by atoms with Crippen molar-refractivity contribution < 1.29 is 9.53 Å². The van der Waals surface area contributed by atoms with Crippen molar-refractivity contribution in [2.45, 2.75) is 25.7 Å². The molecule has 0 aliphatic rings. The molecule has 1 heterocycles. The Kier molecular flexibility index (Phi) is 4.43. The minimum Gasteiger partial charge on any atom is -0.465 e. The number of rotatable bonds is 4. The highest BCUT2D eigenvalue weighted by Crippen LogP contribution is 2.28. The van der Waals surface area contributed by atoms with Crippen LogP contribution in [0.5, 0.6) is 0 Å². The molecule has 0 saturated carbocycles. The van der Waals surface area contributed by atoms with Gasteiger partial charge in [-0.3, -0.25) is 9.78 Å². The molecule has 0 bridgehead atoms. The van der Waals surface area contributed by atoms with Crippen LogP contribution in [0.4, 0.5) is 0 Å². The normalized spacial score (nSPS) is 10.7. The van der Waals surface area contributed by atoms with Crippen LogP contribution in [0.3, 0.4) is 0 Å². The van der Waals surface area contributed by atoms with Crippen molar-refractivity contribution in [2.24, 2.45) is 0 Å². The molecule has 0 aliphatic heterocycles. The molecule has 2 aromatic rings. The van der Waals surface area contributed by atoms with Crippen molar-refractivity contribution in [1.82, 2.24) is 4.98 Å². The molecule has 0 spiro atoms.